The quantitative estimate of drug-likeness (QED) is 0.688. The van der Waals surface area contributed by atoms with Crippen LogP contribution >= 0.6 is 0 Å². The summed E-state index contributed by atoms with van der Waals surface area (Å²) in [6, 6.07) is 4.37. The maximum atomic E-state index is 13.5. The third-order valence-electron chi connectivity index (χ3n) is 2.31. The first kappa shape index (κ1) is 16.8. The third kappa shape index (κ3) is 6.66. The Morgan fingerprint density at radius 1 is 1.38 bits per heavy atom. The fraction of sp³-hybridized carbons (Fsp3) is 0.438. The molecule has 114 valence electrons. The zero-order valence-corrected chi connectivity index (χ0v) is 12.7. The number of rotatable bonds is 3. The van der Waals surface area contributed by atoms with E-state index in [1.165, 1.54) is 25.3 Å². The largest absolute Gasteiger partial charge is 0.497 e. The van der Waals surface area contributed by atoms with Crippen LogP contribution in [0, 0.1) is 17.7 Å². The van der Waals surface area contributed by atoms with Crippen LogP contribution in [-0.4, -0.2) is 25.3 Å². The van der Waals surface area contributed by atoms with Crippen LogP contribution in [0.2, 0.25) is 0 Å². The average Bonchev–Trinajstić information content (AvgIpc) is 2.38. The smallest absolute Gasteiger partial charge is 0.407 e. The van der Waals surface area contributed by atoms with Gasteiger partial charge in [0.1, 0.15) is 17.2 Å². The maximum Gasteiger partial charge on any atom is 0.407 e. The SMILES string of the molecule is COc1ccc(F)c(C#CCCNC(=O)OC(C)(C)C)c1. The summed E-state index contributed by atoms with van der Waals surface area (Å²) in [5.74, 6) is 5.66. The average molecular weight is 293 g/mol. The van der Waals surface area contributed by atoms with E-state index in [0.29, 0.717) is 18.7 Å². The van der Waals surface area contributed by atoms with Gasteiger partial charge in [-0.05, 0) is 39.0 Å². The van der Waals surface area contributed by atoms with Crippen molar-refractivity contribution < 1.29 is 18.7 Å². The molecule has 21 heavy (non-hydrogen) atoms. The lowest BCUT2D eigenvalue weighted by Gasteiger charge is -2.19. The Kier molecular flexibility index (Phi) is 6.04. The molecule has 0 radical (unpaired) electrons. The predicted octanol–water partition coefficient (Wildman–Crippen LogP) is 3.10. The van der Waals surface area contributed by atoms with Crippen LogP contribution in [0.1, 0.15) is 32.8 Å². The van der Waals surface area contributed by atoms with Crippen molar-refractivity contribution in [2.45, 2.75) is 32.8 Å². The predicted molar refractivity (Wildman–Crippen MR) is 78.7 cm³/mol. The fourth-order valence-corrected chi connectivity index (χ4v) is 1.43. The molecule has 0 aliphatic heterocycles. The van der Waals surface area contributed by atoms with Crippen LogP contribution in [0.4, 0.5) is 9.18 Å². The molecule has 4 nitrogen and oxygen atoms in total. The molecule has 0 saturated carbocycles. The first-order valence-corrected chi connectivity index (χ1v) is 6.61. The summed E-state index contributed by atoms with van der Waals surface area (Å²) in [6.45, 7) is 5.71. The van der Waals surface area contributed by atoms with Crippen LogP contribution < -0.4 is 10.1 Å². The number of hydrogen-bond acceptors (Lipinski definition) is 3. The van der Waals surface area contributed by atoms with Gasteiger partial charge in [-0.15, -0.1) is 0 Å². The van der Waals surface area contributed by atoms with Gasteiger partial charge in [-0.2, -0.15) is 0 Å². The number of alkyl carbamates (subject to hydrolysis) is 1. The first-order chi connectivity index (χ1) is 9.81. The summed E-state index contributed by atoms with van der Waals surface area (Å²) in [7, 11) is 1.51. The number of halogens is 1. The molecule has 0 saturated heterocycles. The van der Waals surface area contributed by atoms with Gasteiger partial charge in [0.15, 0.2) is 0 Å². The summed E-state index contributed by atoms with van der Waals surface area (Å²) in [5.41, 5.74) is -0.258. The van der Waals surface area contributed by atoms with Gasteiger partial charge in [-0.1, -0.05) is 11.8 Å². The van der Waals surface area contributed by atoms with E-state index in [2.05, 4.69) is 17.2 Å². The molecule has 1 N–H and O–H groups in total. The maximum absolute atomic E-state index is 13.5. The highest BCUT2D eigenvalue weighted by atomic mass is 19.1. The molecule has 0 aliphatic rings. The molecular weight excluding hydrogens is 273 g/mol. The second kappa shape index (κ2) is 7.53. The highest BCUT2D eigenvalue weighted by molar-refractivity contribution is 5.67. The van der Waals surface area contributed by atoms with E-state index in [0.717, 1.165) is 0 Å². The van der Waals surface area contributed by atoms with Crippen molar-refractivity contribution >= 4 is 6.09 Å². The molecule has 0 aliphatic carbocycles. The van der Waals surface area contributed by atoms with Gasteiger partial charge in [0.05, 0.1) is 12.7 Å². The van der Waals surface area contributed by atoms with E-state index in [4.69, 9.17) is 9.47 Å². The number of benzene rings is 1. The van der Waals surface area contributed by atoms with Gasteiger partial charge < -0.3 is 14.8 Å². The Morgan fingerprint density at radius 2 is 2.10 bits per heavy atom. The molecule has 0 unspecified atom stereocenters. The molecule has 0 spiro atoms. The van der Waals surface area contributed by atoms with Crippen molar-refractivity contribution in [3.05, 3.63) is 29.6 Å². The number of carbonyl (C=O) groups excluding carboxylic acids is 1. The molecule has 0 fully saturated rings. The number of hydrogen-bond donors (Lipinski definition) is 1. The lowest BCUT2D eigenvalue weighted by atomic mass is 10.2. The number of amides is 1. The van der Waals surface area contributed by atoms with Crippen molar-refractivity contribution in [1.82, 2.24) is 5.32 Å². The fourth-order valence-electron chi connectivity index (χ4n) is 1.43. The standard InChI is InChI=1S/C16H20FNO3/c1-16(2,3)21-15(19)18-10-6-5-7-12-11-13(20-4)8-9-14(12)17/h8-9,11H,6,10H2,1-4H3,(H,18,19). The Hall–Kier alpha value is -2.22. The van der Waals surface area contributed by atoms with Gasteiger partial charge in [-0.3, -0.25) is 0 Å². The van der Waals surface area contributed by atoms with E-state index in [9.17, 15) is 9.18 Å². The Balaban J connectivity index is 2.45. The van der Waals surface area contributed by atoms with Crippen LogP contribution in [0.15, 0.2) is 18.2 Å². The topological polar surface area (TPSA) is 47.6 Å². The van der Waals surface area contributed by atoms with Crippen molar-refractivity contribution in [2.24, 2.45) is 0 Å². The number of ether oxygens (including phenoxy) is 2. The summed E-state index contributed by atoms with van der Waals surface area (Å²) < 4.78 is 23.6. The highest BCUT2D eigenvalue weighted by Crippen LogP contribution is 2.15. The first-order valence-electron chi connectivity index (χ1n) is 6.61. The normalized spacial score (nSPS) is 10.3. The van der Waals surface area contributed by atoms with Gasteiger partial charge in [0.2, 0.25) is 0 Å². The number of methoxy groups -OCH3 is 1. The number of nitrogens with one attached hydrogen (secondary N) is 1. The lowest BCUT2D eigenvalue weighted by Crippen LogP contribution is -2.32. The van der Waals surface area contributed by atoms with Crippen molar-refractivity contribution in [2.75, 3.05) is 13.7 Å². The zero-order chi connectivity index (χ0) is 15.9. The molecule has 5 heteroatoms. The van der Waals surface area contributed by atoms with Crippen molar-refractivity contribution in [3.8, 4) is 17.6 Å². The molecule has 1 aromatic rings. The summed E-state index contributed by atoms with van der Waals surface area (Å²) in [5, 5.41) is 2.58. The van der Waals surface area contributed by atoms with Gasteiger partial charge >= 0.3 is 6.09 Å². The zero-order valence-electron chi connectivity index (χ0n) is 12.7. The molecule has 0 atom stereocenters. The Bertz CT molecular complexity index is 553. The van der Waals surface area contributed by atoms with E-state index in [-0.39, 0.29) is 5.56 Å². The van der Waals surface area contributed by atoms with Gasteiger partial charge in [-0.25, -0.2) is 9.18 Å². The van der Waals surface area contributed by atoms with E-state index in [1.54, 1.807) is 20.8 Å². The number of carbonyl (C=O) groups is 1. The Morgan fingerprint density at radius 3 is 2.71 bits per heavy atom. The van der Waals surface area contributed by atoms with Crippen molar-refractivity contribution in [1.29, 1.82) is 0 Å². The van der Waals surface area contributed by atoms with Gasteiger partial charge in [0.25, 0.3) is 0 Å². The molecule has 0 bridgehead atoms. The van der Waals surface area contributed by atoms with Gasteiger partial charge in [0, 0.05) is 13.0 Å². The second-order valence-corrected chi connectivity index (χ2v) is 5.33. The minimum atomic E-state index is -0.528. The summed E-state index contributed by atoms with van der Waals surface area (Å²) in [4.78, 5) is 11.4. The van der Waals surface area contributed by atoms with E-state index in [1.807, 2.05) is 0 Å². The van der Waals surface area contributed by atoms with Crippen LogP contribution in [0.3, 0.4) is 0 Å². The molecule has 0 aromatic heterocycles. The Labute approximate surface area is 124 Å². The van der Waals surface area contributed by atoms with E-state index >= 15 is 0 Å². The van der Waals surface area contributed by atoms with Crippen LogP contribution in [-0.2, 0) is 4.74 Å². The lowest BCUT2D eigenvalue weighted by molar-refractivity contribution is 0.0529. The van der Waals surface area contributed by atoms with Crippen LogP contribution in [0.25, 0.3) is 0 Å². The second-order valence-electron chi connectivity index (χ2n) is 5.33. The molecule has 1 aromatic carbocycles. The summed E-state index contributed by atoms with van der Waals surface area (Å²) >= 11 is 0. The monoisotopic (exact) mass is 293 g/mol. The molecule has 0 heterocycles. The minimum Gasteiger partial charge on any atom is -0.497 e. The molecule has 1 amide bonds. The molecule has 1 rings (SSSR count). The highest BCUT2D eigenvalue weighted by Gasteiger charge is 2.15. The van der Waals surface area contributed by atoms with E-state index < -0.39 is 17.5 Å². The summed E-state index contributed by atoms with van der Waals surface area (Å²) in [6.07, 6.45) is -0.0903. The third-order valence-corrected chi connectivity index (χ3v) is 2.31. The van der Waals surface area contributed by atoms with Crippen molar-refractivity contribution in [3.63, 3.8) is 0 Å². The minimum absolute atomic E-state index is 0.270. The molecular formula is C16H20FNO3. The van der Waals surface area contributed by atoms with Crippen LogP contribution in [0.5, 0.6) is 5.75 Å².